The van der Waals surface area contributed by atoms with Crippen LogP contribution in [-0.2, 0) is 14.8 Å². The molecule has 3 N–H and O–H groups in total. The molecule has 1 aromatic carbocycles. The number of hydrogen-bond donors (Lipinski definition) is 2. The van der Waals surface area contributed by atoms with Crippen molar-refractivity contribution in [2.24, 2.45) is 0 Å². The van der Waals surface area contributed by atoms with Crippen LogP contribution >= 0.6 is 0 Å². The van der Waals surface area contributed by atoms with Gasteiger partial charge in [-0.15, -0.1) is 0 Å². The van der Waals surface area contributed by atoms with Crippen LogP contribution in [0.25, 0.3) is 0 Å². The zero-order chi connectivity index (χ0) is 14.0. The van der Waals surface area contributed by atoms with E-state index in [-0.39, 0.29) is 10.6 Å². The van der Waals surface area contributed by atoms with Crippen LogP contribution in [0.5, 0.6) is 0 Å². The number of carbonyl (C=O) groups is 1. The first kappa shape index (κ1) is 14.3. The van der Waals surface area contributed by atoms with Crippen LogP contribution in [0.1, 0.15) is 20.8 Å². The lowest BCUT2D eigenvalue weighted by Gasteiger charge is -2.19. The van der Waals surface area contributed by atoms with E-state index in [1.807, 2.05) is 0 Å². The van der Waals surface area contributed by atoms with E-state index in [1.165, 1.54) is 18.2 Å². The number of nitrogens with two attached hydrogens (primary N) is 1. The van der Waals surface area contributed by atoms with Gasteiger partial charge in [0.15, 0.2) is 0 Å². The molecular formula is C11H15N2O4S. The van der Waals surface area contributed by atoms with E-state index in [2.05, 4.69) is 6.07 Å². The zero-order valence-electron chi connectivity index (χ0n) is 10.4. The molecule has 0 bridgehead atoms. The van der Waals surface area contributed by atoms with Crippen LogP contribution < -0.4 is 10.5 Å². The number of anilines is 1. The topological polar surface area (TPSA) is 98.5 Å². The molecule has 6 nitrogen and oxygen atoms in total. The largest absolute Gasteiger partial charge is 0.443 e. The zero-order valence-corrected chi connectivity index (χ0v) is 11.2. The Hall–Kier alpha value is -1.76. The third-order valence-corrected chi connectivity index (χ3v) is 3.15. The van der Waals surface area contributed by atoms with Crippen LogP contribution in [0.2, 0.25) is 0 Å². The SMILES string of the molecule is CC(C)(C)OC(=O)NS(=O)(=O)c1cc[c]cc1N. The number of carbonyl (C=O) groups excluding carboxylic acids is 1. The molecule has 18 heavy (non-hydrogen) atoms. The highest BCUT2D eigenvalue weighted by Gasteiger charge is 2.24. The molecular weight excluding hydrogens is 256 g/mol. The number of amides is 1. The number of benzene rings is 1. The maximum absolute atomic E-state index is 11.8. The lowest BCUT2D eigenvalue weighted by atomic mass is 10.2. The molecule has 1 aromatic rings. The Morgan fingerprint density at radius 3 is 2.56 bits per heavy atom. The Morgan fingerprint density at radius 2 is 2.06 bits per heavy atom. The van der Waals surface area contributed by atoms with Crippen molar-refractivity contribution in [2.45, 2.75) is 31.3 Å². The highest BCUT2D eigenvalue weighted by molar-refractivity contribution is 7.90. The lowest BCUT2D eigenvalue weighted by Crippen LogP contribution is -2.36. The van der Waals surface area contributed by atoms with E-state index in [0.29, 0.717) is 0 Å². The summed E-state index contributed by atoms with van der Waals surface area (Å²) in [6, 6.07) is 6.58. The molecule has 1 rings (SSSR count). The van der Waals surface area contributed by atoms with E-state index in [1.54, 1.807) is 25.5 Å². The smallest absolute Gasteiger partial charge is 0.421 e. The van der Waals surface area contributed by atoms with Gasteiger partial charge in [-0.05, 0) is 39.0 Å². The van der Waals surface area contributed by atoms with Gasteiger partial charge in [-0.2, -0.15) is 0 Å². The van der Waals surface area contributed by atoms with Crippen molar-refractivity contribution < 1.29 is 17.9 Å². The fourth-order valence-corrected chi connectivity index (χ4v) is 2.12. The van der Waals surface area contributed by atoms with Crippen LogP contribution in [-0.4, -0.2) is 20.1 Å². The van der Waals surface area contributed by atoms with Crippen molar-refractivity contribution in [1.82, 2.24) is 4.72 Å². The Labute approximate surface area is 106 Å². The Balaban J connectivity index is 2.91. The molecule has 0 aliphatic heterocycles. The number of sulfonamides is 1. The summed E-state index contributed by atoms with van der Waals surface area (Å²) in [7, 11) is -4.03. The van der Waals surface area contributed by atoms with Crippen LogP contribution in [0.4, 0.5) is 10.5 Å². The summed E-state index contributed by atoms with van der Waals surface area (Å²) in [5.41, 5.74) is 4.73. The predicted molar refractivity (Wildman–Crippen MR) is 66.2 cm³/mol. The van der Waals surface area contributed by atoms with Crippen LogP contribution in [0.3, 0.4) is 0 Å². The number of rotatable bonds is 2. The minimum atomic E-state index is -4.03. The van der Waals surface area contributed by atoms with Gasteiger partial charge >= 0.3 is 6.09 Å². The van der Waals surface area contributed by atoms with Crippen LogP contribution in [0, 0.1) is 6.07 Å². The maximum Gasteiger partial charge on any atom is 0.421 e. The fourth-order valence-electron chi connectivity index (χ4n) is 1.14. The van der Waals surface area contributed by atoms with Crippen molar-refractivity contribution in [1.29, 1.82) is 0 Å². The Bertz CT molecular complexity index is 546. The molecule has 99 valence electrons. The summed E-state index contributed by atoms with van der Waals surface area (Å²) in [6.07, 6.45) is -1.05. The van der Waals surface area contributed by atoms with Gasteiger partial charge in [0.2, 0.25) is 0 Å². The van der Waals surface area contributed by atoms with Crippen molar-refractivity contribution in [3.8, 4) is 0 Å². The standard InChI is InChI=1S/C11H15N2O4S/c1-11(2,3)17-10(14)13-18(15,16)9-7-5-4-6-8(9)12/h5-7H,12H2,1-3H3,(H,13,14). The molecule has 0 aromatic heterocycles. The number of ether oxygens (including phenoxy) is 1. The molecule has 7 heteroatoms. The van der Waals surface area contributed by atoms with E-state index < -0.39 is 21.7 Å². The maximum atomic E-state index is 11.8. The minimum absolute atomic E-state index is 0.00792. The minimum Gasteiger partial charge on any atom is -0.443 e. The predicted octanol–water partition coefficient (Wildman–Crippen LogP) is 1.28. The summed E-state index contributed by atoms with van der Waals surface area (Å²) in [4.78, 5) is 11.2. The first-order valence-corrected chi connectivity index (χ1v) is 6.61. The second-order valence-corrected chi connectivity index (χ2v) is 6.22. The van der Waals surface area contributed by atoms with Gasteiger partial charge in [-0.3, -0.25) is 0 Å². The molecule has 0 heterocycles. The number of hydrogen-bond acceptors (Lipinski definition) is 5. The molecule has 0 saturated carbocycles. The summed E-state index contributed by atoms with van der Waals surface area (Å²) < 4.78 is 30.3. The van der Waals surface area contributed by atoms with E-state index in [4.69, 9.17) is 10.5 Å². The van der Waals surface area contributed by atoms with Gasteiger partial charge in [0.1, 0.15) is 10.5 Å². The van der Waals surface area contributed by atoms with Crippen molar-refractivity contribution >= 4 is 21.8 Å². The van der Waals surface area contributed by atoms with Gasteiger partial charge in [-0.25, -0.2) is 17.9 Å². The molecule has 0 saturated heterocycles. The summed E-state index contributed by atoms with van der Waals surface area (Å²) >= 11 is 0. The third kappa shape index (κ3) is 3.92. The number of nitrogen functional groups attached to an aromatic ring is 1. The highest BCUT2D eigenvalue weighted by Crippen LogP contribution is 2.17. The second kappa shape index (κ2) is 4.85. The third-order valence-electron chi connectivity index (χ3n) is 1.76. The average molecular weight is 271 g/mol. The quantitative estimate of drug-likeness (QED) is 0.789. The summed E-state index contributed by atoms with van der Waals surface area (Å²) in [5.74, 6) is 0. The van der Waals surface area contributed by atoms with Crippen LogP contribution in [0.15, 0.2) is 23.1 Å². The Kier molecular flexibility index (Phi) is 3.85. The normalized spacial score (nSPS) is 11.9. The van der Waals surface area contributed by atoms with E-state index >= 15 is 0 Å². The van der Waals surface area contributed by atoms with E-state index in [0.717, 1.165) is 0 Å². The monoisotopic (exact) mass is 271 g/mol. The first-order valence-electron chi connectivity index (χ1n) is 5.13. The van der Waals surface area contributed by atoms with Crippen molar-refractivity contribution in [3.05, 3.63) is 24.3 Å². The molecule has 0 unspecified atom stereocenters. The molecule has 1 radical (unpaired) electrons. The Morgan fingerprint density at radius 1 is 1.44 bits per heavy atom. The van der Waals surface area contributed by atoms with Gasteiger partial charge in [0.05, 0.1) is 5.69 Å². The summed E-state index contributed by atoms with van der Waals surface area (Å²) in [5, 5.41) is 0. The van der Waals surface area contributed by atoms with Crippen molar-refractivity contribution in [3.63, 3.8) is 0 Å². The molecule has 0 aliphatic rings. The second-order valence-electron chi connectivity index (χ2n) is 4.57. The average Bonchev–Trinajstić information content (AvgIpc) is 2.13. The molecule has 0 fully saturated rings. The first-order chi connectivity index (χ1) is 8.12. The fraction of sp³-hybridized carbons (Fsp3) is 0.364. The summed E-state index contributed by atoms with van der Waals surface area (Å²) in [6.45, 7) is 4.89. The lowest BCUT2D eigenvalue weighted by molar-refractivity contribution is 0.0570. The van der Waals surface area contributed by atoms with Crippen molar-refractivity contribution in [2.75, 3.05) is 5.73 Å². The molecule has 1 amide bonds. The van der Waals surface area contributed by atoms with Gasteiger partial charge in [0, 0.05) is 0 Å². The van der Waals surface area contributed by atoms with Gasteiger partial charge < -0.3 is 10.5 Å². The number of nitrogens with one attached hydrogen (secondary N) is 1. The van der Waals surface area contributed by atoms with Gasteiger partial charge in [0.25, 0.3) is 10.0 Å². The molecule has 0 atom stereocenters. The highest BCUT2D eigenvalue weighted by atomic mass is 32.2. The van der Waals surface area contributed by atoms with Gasteiger partial charge in [-0.1, -0.05) is 6.07 Å². The van der Waals surface area contributed by atoms with E-state index in [9.17, 15) is 13.2 Å². The molecule has 0 aliphatic carbocycles. The molecule has 0 spiro atoms.